The molecule has 0 spiro atoms. The molecule has 0 unspecified atom stereocenters. The Labute approximate surface area is 148 Å². The van der Waals surface area contributed by atoms with E-state index in [9.17, 15) is 9.18 Å². The lowest BCUT2D eigenvalue weighted by Crippen LogP contribution is -2.08. The summed E-state index contributed by atoms with van der Waals surface area (Å²) in [5, 5.41) is 0.869. The standard InChI is InChI=1S/C18H11Cl2FN2O/c19-14-5-1-12(2-6-14)9-16(23-10-17(20)22-11-23)18(24)13-3-7-15(21)8-4-13/h1-11H/b16-9-. The van der Waals surface area contributed by atoms with Gasteiger partial charge in [-0.05, 0) is 48.0 Å². The molecule has 120 valence electrons. The molecule has 24 heavy (non-hydrogen) atoms. The van der Waals surface area contributed by atoms with Gasteiger partial charge in [0.15, 0.2) is 0 Å². The lowest BCUT2D eigenvalue weighted by Gasteiger charge is -2.08. The SMILES string of the molecule is O=C(/C(=C/c1ccc(Cl)cc1)n1cnc(Cl)c1)c1ccc(F)cc1. The van der Waals surface area contributed by atoms with E-state index in [2.05, 4.69) is 4.98 Å². The molecule has 3 rings (SSSR count). The van der Waals surface area contributed by atoms with E-state index in [-0.39, 0.29) is 10.9 Å². The number of Topliss-reactive ketones (excluding diaryl/α,β-unsaturated/α-hetero) is 1. The third-order valence-electron chi connectivity index (χ3n) is 3.34. The largest absolute Gasteiger partial charge is 0.301 e. The molecule has 0 bridgehead atoms. The normalized spacial score (nSPS) is 11.5. The van der Waals surface area contributed by atoms with E-state index in [1.165, 1.54) is 41.4 Å². The second kappa shape index (κ2) is 6.99. The Balaban J connectivity index is 2.06. The Morgan fingerprint density at radius 1 is 1.04 bits per heavy atom. The van der Waals surface area contributed by atoms with E-state index in [1.54, 1.807) is 30.3 Å². The zero-order valence-corrected chi connectivity index (χ0v) is 13.8. The molecule has 0 fully saturated rings. The fourth-order valence-electron chi connectivity index (χ4n) is 2.15. The van der Waals surface area contributed by atoms with Crippen LogP contribution in [-0.2, 0) is 0 Å². The molecule has 0 aliphatic heterocycles. The van der Waals surface area contributed by atoms with Crippen LogP contribution in [-0.4, -0.2) is 15.3 Å². The number of hydrogen-bond acceptors (Lipinski definition) is 2. The summed E-state index contributed by atoms with van der Waals surface area (Å²) < 4.78 is 14.6. The monoisotopic (exact) mass is 360 g/mol. The summed E-state index contributed by atoms with van der Waals surface area (Å²) in [6.07, 6.45) is 4.68. The van der Waals surface area contributed by atoms with Gasteiger partial charge in [-0.3, -0.25) is 4.79 Å². The Morgan fingerprint density at radius 3 is 2.29 bits per heavy atom. The van der Waals surface area contributed by atoms with Gasteiger partial charge >= 0.3 is 0 Å². The minimum absolute atomic E-state index is 0.268. The lowest BCUT2D eigenvalue weighted by molar-refractivity contribution is 0.105. The quantitative estimate of drug-likeness (QED) is 0.472. The van der Waals surface area contributed by atoms with Gasteiger partial charge in [-0.15, -0.1) is 0 Å². The van der Waals surface area contributed by atoms with E-state index in [0.29, 0.717) is 16.3 Å². The van der Waals surface area contributed by atoms with E-state index in [0.717, 1.165) is 5.56 Å². The zero-order chi connectivity index (χ0) is 17.1. The molecular formula is C18H11Cl2FN2O. The fraction of sp³-hybridized carbons (Fsp3) is 0. The summed E-state index contributed by atoms with van der Waals surface area (Å²) in [4.78, 5) is 16.8. The fourth-order valence-corrected chi connectivity index (χ4v) is 2.43. The van der Waals surface area contributed by atoms with Crippen LogP contribution < -0.4 is 0 Å². The van der Waals surface area contributed by atoms with Crippen molar-refractivity contribution < 1.29 is 9.18 Å². The number of imidazole rings is 1. The summed E-state index contributed by atoms with van der Waals surface area (Å²) >= 11 is 11.7. The first-order chi connectivity index (χ1) is 11.5. The molecule has 0 N–H and O–H groups in total. The number of benzene rings is 2. The van der Waals surface area contributed by atoms with Gasteiger partial charge in [0.05, 0.1) is 5.70 Å². The molecule has 0 saturated heterocycles. The van der Waals surface area contributed by atoms with Gasteiger partial charge in [-0.25, -0.2) is 9.37 Å². The molecule has 1 aromatic heterocycles. The van der Waals surface area contributed by atoms with Crippen LogP contribution in [0.4, 0.5) is 4.39 Å². The Bertz CT molecular complexity index is 900. The predicted molar refractivity (Wildman–Crippen MR) is 93.6 cm³/mol. The number of carbonyl (C=O) groups excluding carboxylic acids is 1. The number of hydrogen-bond donors (Lipinski definition) is 0. The number of carbonyl (C=O) groups is 1. The Morgan fingerprint density at radius 2 is 1.71 bits per heavy atom. The molecule has 1 heterocycles. The molecule has 3 nitrogen and oxygen atoms in total. The molecule has 0 saturated carbocycles. The zero-order valence-electron chi connectivity index (χ0n) is 12.3. The van der Waals surface area contributed by atoms with Crippen molar-refractivity contribution in [2.24, 2.45) is 0 Å². The maximum absolute atomic E-state index is 13.1. The highest BCUT2D eigenvalue weighted by atomic mass is 35.5. The maximum Gasteiger partial charge on any atom is 0.209 e. The predicted octanol–water partition coefficient (Wildman–Crippen LogP) is 5.21. The van der Waals surface area contributed by atoms with Crippen LogP contribution in [0.3, 0.4) is 0 Å². The molecule has 0 aliphatic rings. The second-order valence-electron chi connectivity index (χ2n) is 5.02. The Hall–Kier alpha value is -2.43. The Kier molecular flexibility index (Phi) is 4.79. The van der Waals surface area contributed by atoms with E-state index in [4.69, 9.17) is 23.2 Å². The average molecular weight is 361 g/mol. The van der Waals surface area contributed by atoms with Crippen molar-refractivity contribution >= 4 is 40.8 Å². The summed E-state index contributed by atoms with van der Waals surface area (Å²) in [7, 11) is 0. The van der Waals surface area contributed by atoms with Crippen molar-refractivity contribution in [3.05, 3.63) is 88.2 Å². The van der Waals surface area contributed by atoms with Crippen molar-refractivity contribution in [3.8, 4) is 0 Å². The number of aromatic nitrogens is 2. The highest BCUT2D eigenvalue weighted by Gasteiger charge is 2.15. The van der Waals surface area contributed by atoms with Crippen LogP contribution in [0.25, 0.3) is 11.8 Å². The number of allylic oxidation sites excluding steroid dienone is 1. The minimum Gasteiger partial charge on any atom is -0.301 e. The smallest absolute Gasteiger partial charge is 0.209 e. The third kappa shape index (κ3) is 3.72. The lowest BCUT2D eigenvalue weighted by atomic mass is 10.1. The first kappa shape index (κ1) is 16.4. The average Bonchev–Trinajstić information content (AvgIpc) is 3.00. The van der Waals surface area contributed by atoms with Crippen LogP contribution in [0.15, 0.2) is 61.1 Å². The second-order valence-corrected chi connectivity index (χ2v) is 5.84. The van der Waals surface area contributed by atoms with Gasteiger partial charge in [-0.1, -0.05) is 35.3 Å². The van der Waals surface area contributed by atoms with Gasteiger partial charge in [0.2, 0.25) is 5.78 Å². The highest BCUT2D eigenvalue weighted by molar-refractivity contribution is 6.31. The van der Waals surface area contributed by atoms with E-state index >= 15 is 0 Å². The van der Waals surface area contributed by atoms with Crippen molar-refractivity contribution in [1.29, 1.82) is 0 Å². The molecule has 0 radical (unpaired) electrons. The maximum atomic E-state index is 13.1. The summed E-state index contributed by atoms with van der Waals surface area (Å²) in [5.74, 6) is -0.681. The van der Waals surface area contributed by atoms with Gasteiger partial charge < -0.3 is 4.57 Å². The third-order valence-corrected chi connectivity index (χ3v) is 3.79. The van der Waals surface area contributed by atoms with Gasteiger partial charge in [0.25, 0.3) is 0 Å². The van der Waals surface area contributed by atoms with Crippen LogP contribution in [0.2, 0.25) is 10.2 Å². The molecule has 2 aromatic carbocycles. The van der Waals surface area contributed by atoms with Crippen LogP contribution in [0.5, 0.6) is 0 Å². The van der Waals surface area contributed by atoms with Gasteiger partial charge in [0, 0.05) is 16.8 Å². The number of nitrogens with zero attached hydrogens (tertiary/aromatic N) is 2. The molecule has 6 heteroatoms. The topological polar surface area (TPSA) is 34.9 Å². The molecule has 0 atom stereocenters. The van der Waals surface area contributed by atoms with Crippen molar-refractivity contribution in [3.63, 3.8) is 0 Å². The van der Waals surface area contributed by atoms with Gasteiger partial charge in [0.1, 0.15) is 17.3 Å². The molecule has 0 aliphatic carbocycles. The molecular weight excluding hydrogens is 350 g/mol. The number of rotatable bonds is 4. The summed E-state index contributed by atoms with van der Waals surface area (Å²) in [6.45, 7) is 0. The first-order valence-corrected chi connectivity index (χ1v) is 7.76. The highest BCUT2D eigenvalue weighted by Crippen LogP contribution is 2.20. The van der Waals surface area contributed by atoms with Crippen LogP contribution in [0, 0.1) is 5.82 Å². The van der Waals surface area contributed by atoms with Crippen molar-refractivity contribution in [2.45, 2.75) is 0 Å². The number of halogens is 3. The molecule has 0 amide bonds. The number of ketones is 1. The van der Waals surface area contributed by atoms with Crippen molar-refractivity contribution in [2.75, 3.05) is 0 Å². The van der Waals surface area contributed by atoms with Crippen molar-refractivity contribution in [1.82, 2.24) is 9.55 Å². The first-order valence-electron chi connectivity index (χ1n) is 7.00. The van der Waals surface area contributed by atoms with E-state index < -0.39 is 5.82 Å². The van der Waals surface area contributed by atoms with Crippen LogP contribution >= 0.6 is 23.2 Å². The minimum atomic E-state index is -0.402. The van der Waals surface area contributed by atoms with Gasteiger partial charge in [-0.2, -0.15) is 0 Å². The van der Waals surface area contributed by atoms with E-state index in [1.807, 2.05) is 0 Å². The van der Waals surface area contributed by atoms with Crippen LogP contribution in [0.1, 0.15) is 15.9 Å². The summed E-state index contributed by atoms with van der Waals surface area (Å²) in [6, 6.07) is 12.4. The summed E-state index contributed by atoms with van der Waals surface area (Å²) in [5.41, 5.74) is 1.49. The molecule has 3 aromatic rings.